The molecule has 0 spiro atoms. The predicted molar refractivity (Wildman–Crippen MR) is 64.9 cm³/mol. The Hall–Kier alpha value is -0.867. The summed E-state index contributed by atoms with van der Waals surface area (Å²) in [6.45, 7) is -0.102. The summed E-state index contributed by atoms with van der Waals surface area (Å²) >= 11 is 4.25. The maximum atomic E-state index is 13.1. The van der Waals surface area contributed by atoms with Gasteiger partial charge in [-0.05, 0) is 17.7 Å². The fourth-order valence-electron chi connectivity index (χ4n) is 1.37. The van der Waals surface area contributed by atoms with E-state index in [4.69, 9.17) is 4.74 Å². The van der Waals surface area contributed by atoms with Gasteiger partial charge in [-0.2, -0.15) is 12.1 Å². The molecular formula is C13H8BrF3OZn. The molecule has 0 saturated heterocycles. The van der Waals surface area contributed by atoms with E-state index in [2.05, 4.69) is 19.7 Å². The molecule has 2 aromatic carbocycles. The number of halogens is 4. The van der Waals surface area contributed by atoms with Crippen LogP contribution in [0.25, 0.3) is 0 Å². The van der Waals surface area contributed by atoms with Crippen LogP contribution in [-0.2, 0) is 22.9 Å². The molecule has 96 valence electrons. The Bertz CT molecular complexity index is 517. The third kappa shape index (κ3) is 5.33. The molecular weight excluding hydrogens is 374 g/mol. The van der Waals surface area contributed by atoms with Crippen LogP contribution in [0.3, 0.4) is 0 Å². The number of rotatable bonds is 3. The third-order valence-corrected chi connectivity index (χ3v) is 2.09. The van der Waals surface area contributed by atoms with E-state index >= 15 is 0 Å². The van der Waals surface area contributed by atoms with E-state index < -0.39 is 17.5 Å². The molecule has 0 aromatic heterocycles. The molecule has 1 nitrogen and oxygen atoms in total. The Kier molecular flexibility index (Phi) is 7.10. The molecule has 0 amide bonds. The molecule has 0 N–H and O–H groups in total. The zero-order valence-electron chi connectivity index (χ0n) is 9.80. The molecule has 0 unspecified atom stereocenters. The van der Waals surface area contributed by atoms with Crippen LogP contribution in [0.2, 0.25) is 0 Å². The minimum atomic E-state index is -0.689. The van der Waals surface area contributed by atoms with Gasteiger partial charge in [-0.3, -0.25) is 4.39 Å². The van der Waals surface area contributed by atoms with Crippen LogP contribution in [0.15, 0.2) is 36.4 Å². The summed E-state index contributed by atoms with van der Waals surface area (Å²) in [5.74, 6) is -1.92. The average Bonchev–Trinajstić information content (AvgIpc) is 2.39. The standard InChI is InChI=1S/C13H8F3O.BrH.Zn/c14-10-5-9(6-11(15)7-10)8-17-13-4-2-1-3-12(13)16;;/h2-7H,8H2;1H;/q-1;;+2/p-1. The summed E-state index contributed by atoms with van der Waals surface area (Å²) in [5, 5.41) is 0. The van der Waals surface area contributed by atoms with Gasteiger partial charge in [0.15, 0.2) is 0 Å². The maximum absolute atomic E-state index is 13.1. The molecule has 0 bridgehead atoms. The van der Waals surface area contributed by atoms with Crippen molar-refractivity contribution in [3.05, 3.63) is 65.5 Å². The van der Waals surface area contributed by atoms with Crippen LogP contribution in [0.5, 0.6) is 5.75 Å². The van der Waals surface area contributed by atoms with Crippen molar-refractivity contribution in [3.63, 3.8) is 0 Å². The molecule has 0 radical (unpaired) electrons. The Morgan fingerprint density at radius 3 is 2.32 bits per heavy atom. The first-order chi connectivity index (χ1) is 9.15. The van der Waals surface area contributed by atoms with Gasteiger partial charge in [0.1, 0.15) is 18.2 Å². The van der Waals surface area contributed by atoms with Crippen molar-refractivity contribution in [2.45, 2.75) is 6.61 Å². The van der Waals surface area contributed by atoms with Gasteiger partial charge in [0.05, 0.1) is 0 Å². The monoisotopic (exact) mass is 380 g/mol. The zero-order valence-corrected chi connectivity index (χ0v) is 14.4. The van der Waals surface area contributed by atoms with Crippen LogP contribution >= 0.6 is 13.6 Å². The van der Waals surface area contributed by atoms with Crippen molar-refractivity contribution in [1.82, 2.24) is 0 Å². The van der Waals surface area contributed by atoms with Crippen molar-refractivity contribution in [1.29, 1.82) is 0 Å². The van der Waals surface area contributed by atoms with E-state index in [0.29, 0.717) is 5.56 Å². The van der Waals surface area contributed by atoms with E-state index in [9.17, 15) is 13.2 Å². The van der Waals surface area contributed by atoms with Crippen LogP contribution < -0.4 is 4.74 Å². The molecule has 2 aromatic rings. The SMILES string of the molecule is Fc1cc(F)cc(COc2cc[c-]cc2F)c1.[Zn+][Br]. The summed E-state index contributed by atoms with van der Waals surface area (Å²) in [6.07, 6.45) is 0. The van der Waals surface area contributed by atoms with Crippen molar-refractivity contribution < 1.29 is 34.3 Å². The fourth-order valence-corrected chi connectivity index (χ4v) is 1.37. The first-order valence-electron chi connectivity index (χ1n) is 5.15. The van der Waals surface area contributed by atoms with E-state index in [-0.39, 0.29) is 12.4 Å². The molecule has 0 aliphatic carbocycles. The molecule has 6 heteroatoms. The summed E-state index contributed by atoms with van der Waals surface area (Å²) < 4.78 is 44.0. The number of hydrogen-bond donors (Lipinski definition) is 0. The summed E-state index contributed by atoms with van der Waals surface area (Å²) in [7, 11) is 0. The Balaban J connectivity index is 0.000000861. The second-order valence-corrected chi connectivity index (χ2v) is 3.42. The van der Waals surface area contributed by atoms with Crippen molar-refractivity contribution in [2.24, 2.45) is 0 Å². The van der Waals surface area contributed by atoms with Crippen LogP contribution in [0.1, 0.15) is 5.56 Å². The minimum absolute atomic E-state index is 0.0217. The zero-order chi connectivity index (χ0) is 14.3. The van der Waals surface area contributed by atoms with E-state index in [1.165, 1.54) is 28.5 Å². The quantitative estimate of drug-likeness (QED) is 0.567. The number of ether oxygens (including phenoxy) is 1. The first-order valence-corrected chi connectivity index (χ1v) is 12.1. The molecule has 0 fully saturated rings. The molecule has 0 aliphatic heterocycles. The first kappa shape index (κ1) is 16.2. The van der Waals surface area contributed by atoms with Gasteiger partial charge in [-0.25, -0.2) is 8.78 Å². The molecule has 0 atom stereocenters. The average molecular weight is 382 g/mol. The van der Waals surface area contributed by atoms with Gasteiger partial charge >= 0.3 is 30.0 Å². The number of hydrogen-bond acceptors (Lipinski definition) is 1. The molecule has 0 saturated carbocycles. The van der Waals surface area contributed by atoms with Crippen molar-refractivity contribution in [3.8, 4) is 5.75 Å². The topological polar surface area (TPSA) is 9.23 Å². The molecule has 0 heterocycles. The summed E-state index contributed by atoms with van der Waals surface area (Å²) in [4.78, 5) is 0. The fraction of sp³-hybridized carbons (Fsp3) is 0.0769. The van der Waals surface area contributed by atoms with Gasteiger partial charge in [0.25, 0.3) is 0 Å². The van der Waals surface area contributed by atoms with Crippen LogP contribution in [0, 0.1) is 23.5 Å². The van der Waals surface area contributed by atoms with Gasteiger partial charge in [-0.1, -0.05) is 0 Å². The second-order valence-electron chi connectivity index (χ2n) is 3.42. The van der Waals surface area contributed by atoms with Gasteiger partial charge in [0, 0.05) is 17.6 Å². The van der Waals surface area contributed by atoms with Gasteiger partial charge < -0.3 is 4.74 Å². The number of benzene rings is 2. The Morgan fingerprint density at radius 2 is 1.74 bits per heavy atom. The summed E-state index contributed by atoms with van der Waals surface area (Å²) in [6, 6.07) is 9.59. The third-order valence-electron chi connectivity index (χ3n) is 2.09. The molecule has 2 rings (SSSR count). The van der Waals surface area contributed by atoms with E-state index in [1.54, 1.807) is 0 Å². The van der Waals surface area contributed by atoms with Crippen LogP contribution in [-0.4, -0.2) is 0 Å². The molecule has 0 aliphatic rings. The second kappa shape index (κ2) is 8.33. The normalized spacial score (nSPS) is 9.58. The van der Waals surface area contributed by atoms with Gasteiger partial charge in [-0.15, -0.1) is 12.1 Å². The van der Waals surface area contributed by atoms with Crippen LogP contribution in [0.4, 0.5) is 13.2 Å². The Labute approximate surface area is 125 Å². The van der Waals surface area contributed by atoms with E-state index in [1.807, 2.05) is 0 Å². The molecule has 19 heavy (non-hydrogen) atoms. The summed E-state index contributed by atoms with van der Waals surface area (Å²) in [5.41, 5.74) is 0.301. The van der Waals surface area contributed by atoms with Gasteiger partial charge in [0.2, 0.25) is 0 Å². The van der Waals surface area contributed by atoms with Crippen molar-refractivity contribution in [2.75, 3.05) is 0 Å². The Morgan fingerprint density at radius 1 is 1.11 bits per heavy atom. The van der Waals surface area contributed by atoms with Crippen molar-refractivity contribution >= 4 is 13.6 Å². The predicted octanol–water partition coefficient (Wildman–Crippen LogP) is 4.33. The van der Waals surface area contributed by atoms with E-state index in [0.717, 1.165) is 24.3 Å².